The maximum Gasteiger partial charge on any atom is 0.257 e. The number of carbonyl (C=O) groups excluding carboxylic acids is 1. The molecule has 0 unspecified atom stereocenters. The van der Waals surface area contributed by atoms with E-state index < -0.39 is 0 Å². The van der Waals surface area contributed by atoms with Gasteiger partial charge in [-0.15, -0.1) is 11.8 Å². The second kappa shape index (κ2) is 7.54. The molecule has 5 nitrogen and oxygen atoms in total. The number of hydrogen-bond acceptors (Lipinski definition) is 5. The van der Waals surface area contributed by atoms with E-state index >= 15 is 0 Å². The van der Waals surface area contributed by atoms with Crippen molar-refractivity contribution in [2.24, 2.45) is 0 Å². The average molecular weight is 395 g/mol. The van der Waals surface area contributed by atoms with Crippen LogP contribution in [0.15, 0.2) is 59.5 Å². The van der Waals surface area contributed by atoms with Crippen molar-refractivity contribution in [1.82, 2.24) is 14.8 Å². The predicted molar refractivity (Wildman–Crippen MR) is 112 cm³/mol. The summed E-state index contributed by atoms with van der Waals surface area (Å²) in [5, 5.41) is 8.26. The molecular weight excluding hydrogens is 376 g/mol. The number of thioether (sulfide) groups is 1. The molecule has 27 heavy (non-hydrogen) atoms. The summed E-state index contributed by atoms with van der Waals surface area (Å²) in [5.41, 5.74) is 2.41. The molecule has 0 spiro atoms. The number of hydrogen-bond donors (Lipinski definition) is 1. The molecule has 0 aliphatic carbocycles. The van der Waals surface area contributed by atoms with Crippen molar-refractivity contribution < 1.29 is 4.79 Å². The largest absolute Gasteiger partial charge is 0.306 e. The van der Waals surface area contributed by atoms with Crippen LogP contribution in [0.4, 0.5) is 5.82 Å². The molecule has 0 fully saturated rings. The second-order valence-corrected chi connectivity index (χ2v) is 8.25. The smallest absolute Gasteiger partial charge is 0.257 e. The van der Waals surface area contributed by atoms with Crippen LogP contribution in [-0.4, -0.2) is 26.4 Å². The quantitative estimate of drug-likeness (QED) is 0.475. The van der Waals surface area contributed by atoms with Gasteiger partial charge in [0, 0.05) is 11.0 Å². The van der Waals surface area contributed by atoms with E-state index in [1.54, 1.807) is 27.8 Å². The first kappa shape index (κ1) is 17.8. The molecular formula is C20H18N4OS2. The lowest BCUT2D eigenvalue weighted by molar-refractivity contribution is 0.102. The Hall–Kier alpha value is -2.64. The summed E-state index contributed by atoms with van der Waals surface area (Å²) < 4.78 is 2.79. The maximum absolute atomic E-state index is 12.9. The number of thiazole rings is 1. The fourth-order valence-corrected chi connectivity index (χ4v) is 4.54. The Labute approximate surface area is 165 Å². The SMILES string of the molecule is CCSc1ccccc1C(=O)Nc1cc(C)nn1-c1nc2ccccc2s1. The van der Waals surface area contributed by atoms with Gasteiger partial charge in [-0.05, 0) is 36.9 Å². The van der Waals surface area contributed by atoms with Crippen LogP contribution in [0, 0.1) is 6.92 Å². The van der Waals surface area contributed by atoms with Crippen molar-refractivity contribution in [3.63, 3.8) is 0 Å². The third-order valence-corrected chi connectivity index (χ3v) is 5.94. The molecule has 0 saturated heterocycles. The van der Waals surface area contributed by atoms with Gasteiger partial charge in [-0.25, -0.2) is 4.98 Å². The first-order chi connectivity index (χ1) is 13.2. The predicted octanol–water partition coefficient (Wildman–Crippen LogP) is 5.15. The highest BCUT2D eigenvalue weighted by Gasteiger charge is 2.17. The Morgan fingerprint density at radius 2 is 1.96 bits per heavy atom. The lowest BCUT2D eigenvalue weighted by Crippen LogP contribution is -2.16. The molecule has 0 aliphatic rings. The summed E-state index contributed by atoms with van der Waals surface area (Å²) in [6, 6.07) is 17.5. The fraction of sp³-hybridized carbons (Fsp3) is 0.150. The third kappa shape index (κ3) is 3.61. The lowest BCUT2D eigenvalue weighted by atomic mass is 10.2. The van der Waals surface area contributed by atoms with Crippen LogP contribution in [0.1, 0.15) is 23.0 Å². The van der Waals surface area contributed by atoms with Crippen LogP contribution in [0.5, 0.6) is 0 Å². The van der Waals surface area contributed by atoms with E-state index in [-0.39, 0.29) is 5.91 Å². The van der Waals surface area contributed by atoms with Gasteiger partial charge in [-0.1, -0.05) is 42.5 Å². The summed E-state index contributed by atoms with van der Waals surface area (Å²) in [4.78, 5) is 18.5. The first-order valence-corrected chi connectivity index (χ1v) is 10.4. The fourth-order valence-electron chi connectivity index (χ4n) is 2.80. The van der Waals surface area contributed by atoms with Gasteiger partial charge in [0.05, 0.1) is 21.5 Å². The zero-order valence-electron chi connectivity index (χ0n) is 15.0. The summed E-state index contributed by atoms with van der Waals surface area (Å²) >= 11 is 3.20. The molecule has 2 heterocycles. The van der Waals surface area contributed by atoms with E-state index in [4.69, 9.17) is 0 Å². The number of anilines is 1. The number of para-hydroxylation sites is 1. The number of fused-ring (bicyclic) bond motifs is 1. The third-order valence-electron chi connectivity index (χ3n) is 3.97. The standard InChI is InChI=1S/C20H18N4OS2/c1-3-26-16-10-6-4-8-14(16)19(25)22-18-12-13(2)23-24(18)20-21-15-9-5-7-11-17(15)27-20/h4-12H,3H2,1-2H3,(H,22,25). The molecule has 0 radical (unpaired) electrons. The Balaban J connectivity index is 1.68. The number of aromatic nitrogens is 3. The van der Waals surface area contributed by atoms with E-state index in [1.165, 1.54) is 0 Å². The Morgan fingerprint density at radius 1 is 1.19 bits per heavy atom. The molecule has 0 aliphatic heterocycles. The number of rotatable bonds is 5. The highest BCUT2D eigenvalue weighted by atomic mass is 32.2. The van der Waals surface area contributed by atoms with Crippen LogP contribution in [0.3, 0.4) is 0 Å². The van der Waals surface area contributed by atoms with Crippen LogP contribution < -0.4 is 5.32 Å². The molecule has 136 valence electrons. The van der Waals surface area contributed by atoms with E-state index in [0.29, 0.717) is 11.4 Å². The average Bonchev–Trinajstić information content (AvgIpc) is 3.25. The molecule has 7 heteroatoms. The second-order valence-electron chi connectivity index (χ2n) is 5.93. The molecule has 2 aromatic carbocycles. The van der Waals surface area contributed by atoms with Crippen molar-refractivity contribution in [2.75, 3.05) is 11.1 Å². The van der Waals surface area contributed by atoms with Gasteiger partial charge >= 0.3 is 0 Å². The molecule has 1 amide bonds. The number of nitrogens with one attached hydrogen (secondary N) is 1. The van der Waals surface area contributed by atoms with Gasteiger partial charge in [0.2, 0.25) is 5.13 Å². The summed E-state index contributed by atoms with van der Waals surface area (Å²) in [7, 11) is 0. The highest BCUT2D eigenvalue weighted by molar-refractivity contribution is 7.99. The summed E-state index contributed by atoms with van der Waals surface area (Å²) in [5.74, 6) is 1.38. The molecule has 0 saturated carbocycles. The monoisotopic (exact) mass is 394 g/mol. The van der Waals surface area contributed by atoms with Gasteiger partial charge < -0.3 is 5.32 Å². The van der Waals surface area contributed by atoms with Crippen molar-refractivity contribution in [3.05, 3.63) is 65.9 Å². The minimum Gasteiger partial charge on any atom is -0.306 e. The first-order valence-electron chi connectivity index (χ1n) is 8.61. The van der Waals surface area contributed by atoms with Crippen molar-refractivity contribution in [1.29, 1.82) is 0 Å². The normalized spacial score (nSPS) is 11.0. The van der Waals surface area contributed by atoms with Gasteiger partial charge in [0.15, 0.2) is 0 Å². The van der Waals surface area contributed by atoms with E-state index in [2.05, 4.69) is 22.3 Å². The minimum atomic E-state index is -0.145. The number of aryl methyl sites for hydroxylation is 1. The van der Waals surface area contributed by atoms with Gasteiger partial charge in [-0.2, -0.15) is 9.78 Å². The zero-order valence-corrected chi connectivity index (χ0v) is 16.6. The number of carbonyl (C=O) groups is 1. The van der Waals surface area contributed by atoms with Crippen LogP contribution in [-0.2, 0) is 0 Å². The van der Waals surface area contributed by atoms with Crippen molar-refractivity contribution in [2.45, 2.75) is 18.7 Å². The summed E-state index contributed by atoms with van der Waals surface area (Å²) in [6.45, 7) is 3.98. The van der Waals surface area contributed by atoms with E-state index in [0.717, 1.165) is 31.7 Å². The Kier molecular flexibility index (Phi) is 4.96. The highest BCUT2D eigenvalue weighted by Crippen LogP contribution is 2.28. The lowest BCUT2D eigenvalue weighted by Gasteiger charge is -2.09. The van der Waals surface area contributed by atoms with E-state index in [1.807, 2.05) is 61.5 Å². The van der Waals surface area contributed by atoms with E-state index in [9.17, 15) is 4.79 Å². The topological polar surface area (TPSA) is 59.8 Å². The van der Waals surface area contributed by atoms with Crippen LogP contribution in [0.2, 0.25) is 0 Å². The molecule has 0 bridgehead atoms. The zero-order chi connectivity index (χ0) is 18.8. The Bertz CT molecular complexity index is 1080. The maximum atomic E-state index is 12.9. The van der Waals surface area contributed by atoms with Crippen molar-refractivity contribution >= 4 is 45.0 Å². The van der Waals surface area contributed by atoms with Crippen molar-refractivity contribution in [3.8, 4) is 5.13 Å². The Morgan fingerprint density at radius 3 is 2.78 bits per heavy atom. The van der Waals surface area contributed by atoms with Gasteiger partial charge in [0.1, 0.15) is 5.82 Å². The number of amides is 1. The van der Waals surface area contributed by atoms with Crippen LogP contribution >= 0.6 is 23.1 Å². The van der Waals surface area contributed by atoms with Crippen LogP contribution in [0.25, 0.3) is 15.3 Å². The number of nitrogens with zero attached hydrogens (tertiary/aromatic N) is 3. The summed E-state index contributed by atoms with van der Waals surface area (Å²) in [6.07, 6.45) is 0. The molecule has 4 rings (SSSR count). The molecule has 0 atom stereocenters. The minimum absolute atomic E-state index is 0.145. The number of benzene rings is 2. The van der Waals surface area contributed by atoms with Gasteiger partial charge in [-0.3, -0.25) is 4.79 Å². The molecule has 1 N–H and O–H groups in total. The molecule has 4 aromatic rings. The molecule has 2 aromatic heterocycles. The van der Waals surface area contributed by atoms with Gasteiger partial charge in [0.25, 0.3) is 5.91 Å².